The summed E-state index contributed by atoms with van der Waals surface area (Å²) in [5.41, 5.74) is 1.07. The van der Waals surface area contributed by atoms with Crippen LogP contribution in [-0.2, 0) is 4.74 Å². The van der Waals surface area contributed by atoms with E-state index in [1.165, 1.54) is 7.11 Å². The fourth-order valence-corrected chi connectivity index (χ4v) is 1.12. The van der Waals surface area contributed by atoms with Gasteiger partial charge in [-0.2, -0.15) is 10.3 Å². The van der Waals surface area contributed by atoms with Crippen LogP contribution in [0.25, 0.3) is 11.5 Å². The predicted molar refractivity (Wildman–Crippen MR) is 48.0 cm³/mol. The maximum absolute atomic E-state index is 11.3. The van der Waals surface area contributed by atoms with Gasteiger partial charge in [-0.25, -0.2) is 4.79 Å². The molecule has 0 aliphatic heterocycles. The van der Waals surface area contributed by atoms with Gasteiger partial charge in [0.25, 0.3) is 0 Å². The quantitative estimate of drug-likeness (QED) is 0.724. The van der Waals surface area contributed by atoms with E-state index in [1.54, 1.807) is 13.0 Å². The van der Waals surface area contributed by atoms with Gasteiger partial charge in [0, 0.05) is 6.07 Å². The lowest BCUT2D eigenvalue weighted by molar-refractivity contribution is 0.0594. The summed E-state index contributed by atoms with van der Waals surface area (Å²) in [5.74, 6) is -0.200. The number of aromatic amines is 1. The van der Waals surface area contributed by atoms with Gasteiger partial charge in [-0.3, -0.25) is 0 Å². The number of nitrogens with one attached hydrogen (secondary N) is 1. The molecule has 0 amide bonds. The summed E-state index contributed by atoms with van der Waals surface area (Å²) in [6.07, 6.45) is 0. The van der Waals surface area contributed by atoms with Crippen molar-refractivity contribution < 1.29 is 14.1 Å². The fraction of sp³-hybridized carbons (Fsp3) is 0.250. The van der Waals surface area contributed by atoms with Crippen LogP contribution in [0.1, 0.15) is 16.2 Å². The number of rotatable bonds is 2. The molecule has 7 nitrogen and oxygen atoms in total. The van der Waals surface area contributed by atoms with Crippen molar-refractivity contribution in [3.8, 4) is 11.5 Å². The minimum absolute atomic E-state index is 0.0775. The molecule has 0 unspecified atom stereocenters. The van der Waals surface area contributed by atoms with E-state index < -0.39 is 5.97 Å². The topological polar surface area (TPSA) is 93.9 Å². The first kappa shape index (κ1) is 9.38. The maximum atomic E-state index is 11.3. The van der Waals surface area contributed by atoms with Crippen LogP contribution in [0.4, 0.5) is 0 Å². The van der Waals surface area contributed by atoms with E-state index >= 15 is 0 Å². The monoisotopic (exact) mass is 208 g/mol. The van der Waals surface area contributed by atoms with Crippen molar-refractivity contribution in [2.75, 3.05) is 7.11 Å². The van der Waals surface area contributed by atoms with Gasteiger partial charge in [0.1, 0.15) is 0 Å². The van der Waals surface area contributed by atoms with Crippen LogP contribution < -0.4 is 0 Å². The van der Waals surface area contributed by atoms with Gasteiger partial charge in [0.2, 0.25) is 5.69 Å². The Morgan fingerprint density at radius 2 is 2.33 bits per heavy atom. The number of esters is 1. The van der Waals surface area contributed by atoms with Crippen molar-refractivity contribution in [3.63, 3.8) is 0 Å². The highest BCUT2D eigenvalue weighted by Crippen LogP contribution is 2.20. The van der Waals surface area contributed by atoms with Crippen LogP contribution in [0.3, 0.4) is 0 Å². The third-order valence-electron chi connectivity index (χ3n) is 1.79. The summed E-state index contributed by atoms with van der Waals surface area (Å²) in [6, 6.07) is 1.66. The number of carbonyl (C=O) groups excluding carboxylic acids is 1. The van der Waals surface area contributed by atoms with Gasteiger partial charge in [-0.1, -0.05) is 5.16 Å². The third kappa shape index (κ3) is 1.58. The Balaban J connectivity index is 2.45. The Morgan fingerprint density at radius 3 is 2.93 bits per heavy atom. The van der Waals surface area contributed by atoms with Crippen molar-refractivity contribution in [2.45, 2.75) is 6.92 Å². The van der Waals surface area contributed by atoms with Crippen LogP contribution >= 0.6 is 0 Å². The SMILES string of the molecule is COC(=O)c1n[nH]nc1-c1cc(C)no1. The number of carbonyl (C=O) groups is 1. The summed E-state index contributed by atoms with van der Waals surface area (Å²) >= 11 is 0. The Morgan fingerprint density at radius 1 is 1.53 bits per heavy atom. The molecule has 0 saturated carbocycles. The normalized spacial score (nSPS) is 10.3. The molecule has 0 aliphatic rings. The Labute approximate surface area is 84.4 Å². The van der Waals surface area contributed by atoms with Gasteiger partial charge in [-0.05, 0) is 6.92 Å². The summed E-state index contributed by atoms with van der Waals surface area (Å²) in [4.78, 5) is 11.3. The second-order valence-corrected chi connectivity index (χ2v) is 2.84. The molecular formula is C8H8N4O3. The number of H-pyrrole nitrogens is 1. The standard InChI is InChI=1S/C8H8N4O3/c1-4-3-5(15-11-4)6-7(8(13)14-2)10-12-9-6/h3H,1-2H3,(H,9,10,12). The van der Waals surface area contributed by atoms with Crippen LogP contribution in [0, 0.1) is 6.92 Å². The maximum Gasteiger partial charge on any atom is 0.361 e. The molecule has 0 atom stereocenters. The second kappa shape index (κ2) is 3.52. The number of hydrogen-bond donors (Lipinski definition) is 1. The van der Waals surface area contributed by atoms with Gasteiger partial charge < -0.3 is 9.26 Å². The van der Waals surface area contributed by atoms with Crippen molar-refractivity contribution >= 4 is 5.97 Å². The van der Waals surface area contributed by atoms with Gasteiger partial charge in [-0.15, -0.1) is 5.10 Å². The number of methoxy groups -OCH3 is 1. The fourth-order valence-electron chi connectivity index (χ4n) is 1.12. The van der Waals surface area contributed by atoms with Gasteiger partial charge >= 0.3 is 5.97 Å². The molecule has 7 heteroatoms. The molecule has 2 aromatic rings. The second-order valence-electron chi connectivity index (χ2n) is 2.84. The summed E-state index contributed by atoms with van der Waals surface area (Å²) in [7, 11) is 1.27. The minimum atomic E-state index is -0.576. The highest BCUT2D eigenvalue weighted by Gasteiger charge is 2.21. The molecule has 2 heterocycles. The average Bonchev–Trinajstić information content (AvgIpc) is 2.84. The molecule has 0 saturated heterocycles. The van der Waals surface area contributed by atoms with Crippen LogP contribution in [0.15, 0.2) is 10.6 Å². The molecule has 0 aromatic carbocycles. The van der Waals surface area contributed by atoms with E-state index in [0.717, 1.165) is 0 Å². The zero-order valence-corrected chi connectivity index (χ0v) is 8.14. The Kier molecular flexibility index (Phi) is 2.20. The Hall–Kier alpha value is -2.18. The highest BCUT2D eigenvalue weighted by molar-refractivity contribution is 5.93. The summed E-state index contributed by atoms with van der Waals surface area (Å²) in [6.45, 7) is 1.77. The molecule has 2 aromatic heterocycles. The van der Waals surface area contributed by atoms with Crippen LogP contribution in [-0.4, -0.2) is 33.6 Å². The Bertz CT molecular complexity index is 488. The first-order valence-corrected chi connectivity index (χ1v) is 4.15. The van der Waals surface area contributed by atoms with Crippen molar-refractivity contribution in [1.29, 1.82) is 0 Å². The molecule has 0 fully saturated rings. The molecule has 0 aliphatic carbocycles. The molecule has 2 rings (SSSR count). The highest BCUT2D eigenvalue weighted by atomic mass is 16.5. The van der Waals surface area contributed by atoms with Gasteiger partial charge in [0.05, 0.1) is 12.8 Å². The number of ether oxygens (including phenoxy) is 1. The number of aryl methyl sites for hydroxylation is 1. The lowest BCUT2D eigenvalue weighted by Crippen LogP contribution is -2.03. The molecule has 78 valence electrons. The van der Waals surface area contributed by atoms with E-state index in [4.69, 9.17) is 4.52 Å². The van der Waals surface area contributed by atoms with Crippen LogP contribution in [0.2, 0.25) is 0 Å². The molecule has 1 N–H and O–H groups in total. The summed E-state index contributed by atoms with van der Waals surface area (Å²) in [5, 5.41) is 13.5. The molecule has 0 radical (unpaired) electrons. The largest absolute Gasteiger partial charge is 0.464 e. The lowest BCUT2D eigenvalue weighted by Gasteiger charge is -1.93. The van der Waals surface area contributed by atoms with Crippen molar-refractivity contribution in [3.05, 3.63) is 17.5 Å². The van der Waals surface area contributed by atoms with E-state index in [-0.39, 0.29) is 5.69 Å². The average molecular weight is 208 g/mol. The zero-order valence-electron chi connectivity index (χ0n) is 8.14. The van der Waals surface area contributed by atoms with Crippen molar-refractivity contribution in [2.24, 2.45) is 0 Å². The number of aromatic nitrogens is 4. The minimum Gasteiger partial charge on any atom is -0.464 e. The van der Waals surface area contributed by atoms with Gasteiger partial charge in [0.15, 0.2) is 11.5 Å². The first-order valence-electron chi connectivity index (χ1n) is 4.15. The first-order chi connectivity index (χ1) is 7.22. The molecular weight excluding hydrogens is 200 g/mol. The molecule has 0 bridgehead atoms. The number of nitrogens with zero attached hydrogens (tertiary/aromatic N) is 3. The predicted octanol–water partition coefficient (Wildman–Crippen LogP) is 0.555. The van der Waals surface area contributed by atoms with Crippen LogP contribution in [0.5, 0.6) is 0 Å². The number of hydrogen-bond acceptors (Lipinski definition) is 6. The smallest absolute Gasteiger partial charge is 0.361 e. The zero-order chi connectivity index (χ0) is 10.8. The molecule has 15 heavy (non-hydrogen) atoms. The van der Waals surface area contributed by atoms with E-state index in [2.05, 4.69) is 25.3 Å². The van der Waals surface area contributed by atoms with Crippen molar-refractivity contribution in [1.82, 2.24) is 20.6 Å². The van der Waals surface area contributed by atoms with E-state index in [9.17, 15) is 4.79 Å². The van der Waals surface area contributed by atoms with E-state index in [0.29, 0.717) is 17.1 Å². The lowest BCUT2D eigenvalue weighted by atomic mass is 10.2. The van der Waals surface area contributed by atoms with E-state index in [1.807, 2.05) is 0 Å². The summed E-state index contributed by atoms with van der Waals surface area (Å²) < 4.78 is 9.50. The molecule has 0 spiro atoms. The third-order valence-corrected chi connectivity index (χ3v) is 1.79.